The van der Waals surface area contributed by atoms with E-state index >= 15 is 0 Å². The highest BCUT2D eigenvalue weighted by Gasteiger charge is 2.15. The molecule has 0 aliphatic carbocycles. The van der Waals surface area contributed by atoms with Crippen LogP contribution in [0.25, 0.3) is 0 Å². The van der Waals surface area contributed by atoms with Gasteiger partial charge in [0.2, 0.25) is 0 Å². The zero-order valence-electron chi connectivity index (χ0n) is 10.4. The SMILES string of the molecule is O=C(O)c1ccc(F)cc1CN1CCCCCC1. The van der Waals surface area contributed by atoms with Crippen LogP contribution in [0.5, 0.6) is 0 Å². The van der Waals surface area contributed by atoms with Crippen molar-refractivity contribution in [2.75, 3.05) is 13.1 Å². The van der Waals surface area contributed by atoms with Gasteiger partial charge in [-0.25, -0.2) is 9.18 Å². The fourth-order valence-corrected chi connectivity index (χ4v) is 2.44. The van der Waals surface area contributed by atoms with E-state index in [1.807, 2.05) is 0 Å². The topological polar surface area (TPSA) is 40.5 Å². The molecule has 2 rings (SSSR count). The summed E-state index contributed by atoms with van der Waals surface area (Å²) >= 11 is 0. The molecule has 0 unspecified atom stereocenters. The lowest BCUT2D eigenvalue weighted by Gasteiger charge is -2.20. The summed E-state index contributed by atoms with van der Waals surface area (Å²) in [5.74, 6) is -1.36. The highest BCUT2D eigenvalue weighted by Crippen LogP contribution is 2.17. The number of carbonyl (C=O) groups is 1. The minimum absolute atomic E-state index is 0.209. The molecule has 0 atom stereocenters. The summed E-state index contributed by atoms with van der Waals surface area (Å²) in [6, 6.07) is 3.90. The lowest BCUT2D eigenvalue weighted by atomic mass is 10.1. The third-order valence-corrected chi connectivity index (χ3v) is 3.39. The minimum atomic E-state index is -0.986. The van der Waals surface area contributed by atoms with Crippen molar-refractivity contribution in [3.05, 3.63) is 35.1 Å². The number of carboxylic acid groups (broad SMARTS) is 1. The van der Waals surface area contributed by atoms with Crippen LogP contribution in [0.2, 0.25) is 0 Å². The fourth-order valence-electron chi connectivity index (χ4n) is 2.44. The van der Waals surface area contributed by atoms with Crippen LogP contribution in [-0.4, -0.2) is 29.1 Å². The third kappa shape index (κ3) is 3.29. The summed E-state index contributed by atoms with van der Waals surface area (Å²) in [6.07, 6.45) is 4.73. The Hall–Kier alpha value is -1.42. The first-order valence-corrected chi connectivity index (χ1v) is 6.41. The van der Waals surface area contributed by atoms with Gasteiger partial charge in [-0.3, -0.25) is 4.90 Å². The minimum Gasteiger partial charge on any atom is -0.478 e. The standard InChI is InChI=1S/C14H18FNO2/c15-12-5-6-13(14(17)18)11(9-12)10-16-7-3-1-2-4-8-16/h5-6,9H,1-4,7-8,10H2,(H,17,18). The maximum Gasteiger partial charge on any atom is 0.336 e. The van der Waals surface area contributed by atoms with Crippen LogP contribution in [0.15, 0.2) is 18.2 Å². The fraction of sp³-hybridized carbons (Fsp3) is 0.500. The molecule has 0 radical (unpaired) electrons. The van der Waals surface area contributed by atoms with Crippen LogP contribution in [0.4, 0.5) is 4.39 Å². The number of hydrogen-bond donors (Lipinski definition) is 1. The maximum absolute atomic E-state index is 13.2. The van der Waals surface area contributed by atoms with Crippen LogP contribution in [0, 0.1) is 5.82 Å². The van der Waals surface area contributed by atoms with Gasteiger partial charge in [-0.05, 0) is 49.7 Å². The second-order valence-electron chi connectivity index (χ2n) is 4.80. The van der Waals surface area contributed by atoms with Gasteiger partial charge in [0.1, 0.15) is 5.82 Å². The number of likely N-dealkylation sites (tertiary alicyclic amines) is 1. The molecule has 1 N–H and O–H groups in total. The Morgan fingerprint density at radius 2 is 1.89 bits per heavy atom. The maximum atomic E-state index is 13.2. The summed E-state index contributed by atoms with van der Waals surface area (Å²) in [6.45, 7) is 2.46. The van der Waals surface area contributed by atoms with Crippen molar-refractivity contribution in [2.24, 2.45) is 0 Å². The van der Waals surface area contributed by atoms with E-state index in [0.717, 1.165) is 25.9 Å². The van der Waals surface area contributed by atoms with E-state index in [0.29, 0.717) is 12.1 Å². The Kier molecular flexibility index (Phi) is 4.31. The molecular formula is C14H18FNO2. The molecule has 1 aromatic rings. The quantitative estimate of drug-likeness (QED) is 0.898. The first kappa shape index (κ1) is 13.0. The number of carboxylic acids is 1. The smallest absolute Gasteiger partial charge is 0.336 e. The lowest BCUT2D eigenvalue weighted by molar-refractivity contribution is 0.0694. The third-order valence-electron chi connectivity index (χ3n) is 3.39. The highest BCUT2D eigenvalue weighted by atomic mass is 19.1. The van der Waals surface area contributed by atoms with Crippen molar-refractivity contribution < 1.29 is 14.3 Å². The van der Waals surface area contributed by atoms with E-state index in [4.69, 9.17) is 5.11 Å². The Balaban J connectivity index is 2.15. The first-order chi connectivity index (χ1) is 8.66. The zero-order chi connectivity index (χ0) is 13.0. The number of benzene rings is 1. The van der Waals surface area contributed by atoms with E-state index in [9.17, 15) is 9.18 Å². The van der Waals surface area contributed by atoms with E-state index in [1.54, 1.807) is 0 Å². The van der Waals surface area contributed by atoms with Gasteiger partial charge in [-0.1, -0.05) is 12.8 Å². The van der Waals surface area contributed by atoms with Crippen LogP contribution in [-0.2, 0) is 6.54 Å². The molecule has 0 aromatic heterocycles. The largest absolute Gasteiger partial charge is 0.478 e. The van der Waals surface area contributed by atoms with Crippen molar-refractivity contribution >= 4 is 5.97 Å². The highest BCUT2D eigenvalue weighted by molar-refractivity contribution is 5.89. The van der Waals surface area contributed by atoms with E-state index < -0.39 is 5.97 Å². The van der Waals surface area contributed by atoms with Gasteiger partial charge in [-0.15, -0.1) is 0 Å². The van der Waals surface area contributed by atoms with Gasteiger partial charge < -0.3 is 5.11 Å². The molecular weight excluding hydrogens is 233 g/mol. The monoisotopic (exact) mass is 251 g/mol. The average Bonchev–Trinajstić information content (AvgIpc) is 2.57. The molecule has 4 heteroatoms. The molecule has 98 valence electrons. The zero-order valence-corrected chi connectivity index (χ0v) is 10.4. The van der Waals surface area contributed by atoms with Crippen molar-refractivity contribution in [2.45, 2.75) is 32.2 Å². The molecule has 0 saturated carbocycles. The molecule has 1 fully saturated rings. The van der Waals surface area contributed by atoms with E-state index in [-0.39, 0.29) is 11.4 Å². The van der Waals surface area contributed by atoms with Crippen LogP contribution < -0.4 is 0 Å². The summed E-state index contributed by atoms with van der Waals surface area (Å²) in [5.41, 5.74) is 0.782. The number of nitrogens with zero attached hydrogens (tertiary/aromatic N) is 1. The Morgan fingerprint density at radius 3 is 2.50 bits per heavy atom. The first-order valence-electron chi connectivity index (χ1n) is 6.41. The molecule has 1 aliphatic rings. The van der Waals surface area contributed by atoms with Crippen LogP contribution >= 0.6 is 0 Å². The molecule has 1 aromatic carbocycles. The van der Waals surface area contributed by atoms with Gasteiger partial charge in [0.25, 0.3) is 0 Å². The summed E-state index contributed by atoms with van der Waals surface area (Å²) in [4.78, 5) is 13.3. The molecule has 18 heavy (non-hydrogen) atoms. The van der Waals surface area contributed by atoms with Crippen molar-refractivity contribution in [1.29, 1.82) is 0 Å². The van der Waals surface area contributed by atoms with Crippen molar-refractivity contribution in [1.82, 2.24) is 4.90 Å². The molecule has 0 spiro atoms. The van der Waals surface area contributed by atoms with Gasteiger partial charge in [0.15, 0.2) is 0 Å². The van der Waals surface area contributed by atoms with Gasteiger partial charge in [0, 0.05) is 6.54 Å². The second-order valence-corrected chi connectivity index (χ2v) is 4.80. The summed E-state index contributed by atoms with van der Waals surface area (Å²) < 4.78 is 13.2. The van der Waals surface area contributed by atoms with Crippen molar-refractivity contribution in [3.8, 4) is 0 Å². The van der Waals surface area contributed by atoms with Crippen molar-refractivity contribution in [3.63, 3.8) is 0 Å². The average molecular weight is 251 g/mol. The molecule has 0 amide bonds. The lowest BCUT2D eigenvalue weighted by Crippen LogP contribution is -2.25. The Morgan fingerprint density at radius 1 is 1.22 bits per heavy atom. The van der Waals surface area contributed by atoms with Crippen LogP contribution in [0.3, 0.4) is 0 Å². The summed E-state index contributed by atoms with van der Waals surface area (Å²) in [7, 11) is 0. The van der Waals surface area contributed by atoms with Gasteiger partial charge in [-0.2, -0.15) is 0 Å². The Bertz CT molecular complexity index is 426. The molecule has 3 nitrogen and oxygen atoms in total. The van der Waals surface area contributed by atoms with Gasteiger partial charge >= 0.3 is 5.97 Å². The van der Waals surface area contributed by atoms with E-state index in [1.165, 1.54) is 31.0 Å². The molecule has 1 aliphatic heterocycles. The number of rotatable bonds is 3. The number of hydrogen-bond acceptors (Lipinski definition) is 2. The van der Waals surface area contributed by atoms with Crippen LogP contribution in [0.1, 0.15) is 41.6 Å². The Labute approximate surface area is 106 Å². The second kappa shape index (κ2) is 5.96. The molecule has 0 bridgehead atoms. The number of halogens is 1. The molecule has 1 saturated heterocycles. The molecule has 1 heterocycles. The van der Waals surface area contributed by atoms with E-state index in [2.05, 4.69) is 4.90 Å². The normalized spacial score (nSPS) is 17.4. The predicted octanol–water partition coefficient (Wildman–Crippen LogP) is 2.90. The van der Waals surface area contributed by atoms with Gasteiger partial charge in [0.05, 0.1) is 5.56 Å². The summed E-state index contributed by atoms with van der Waals surface area (Å²) in [5, 5.41) is 9.10. The number of aromatic carboxylic acids is 1. The predicted molar refractivity (Wildman–Crippen MR) is 67.1 cm³/mol.